The number of aromatic nitrogens is 4. The molecule has 174 valence electrons. The number of anilines is 3. The maximum atomic E-state index is 12.9. The number of halogens is 3. The topological polar surface area (TPSA) is 122 Å². The van der Waals surface area contributed by atoms with Crippen LogP contribution in [-0.2, 0) is 12.8 Å². The molecular formula is C19H19F3N8O2S. The lowest BCUT2D eigenvalue weighted by Gasteiger charge is -2.34. The quantitative estimate of drug-likeness (QED) is 0.572. The fraction of sp³-hybridized carbons (Fsp3) is 0.316. The van der Waals surface area contributed by atoms with E-state index in [1.807, 2.05) is 4.90 Å². The van der Waals surface area contributed by atoms with Crippen LogP contribution in [0.4, 0.5) is 35.4 Å². The van der Waals surface area contributed by atoms with Gasteiger partial charge in [0, 0.05) is 38.1 Å². The van der Waals surface area contributed by atoms with Crippen LogP contribution in [0.1, 0.15) is 11.3 Å². The van der Waals surface area contributed by atoms with Crippen molar-refractivity contribution in [2.24, 2.45) is 0 Å². The molecule has 1 aliphatic rings. The van der Waals surface area contributed by atoms with Gasteiger partial charge in [-0.05, 0) is 24.3 Å². The molecule has 4 rings (SSSR count). The average Bonchev–Trinajstić information content (AvgIpc) is 3.26. The molecule has 2 amide bonds. The Hall–Kier alpha value is -3.68. The first-order chi connectivity index (χ1) is 15.8. The SMILES string of the molecule is Nc1nccc(COc2nsnc2N2CCN(C(=O)Nc3cccc(C(F)(F)F)c3)CC2)n1. The molecule has 14 heteroatoms. The smallest absolute Gasteiger partial charge is 0.416 e. The van der Waals surface area contributed by atoms with Gasteiger partial charge in [-0.15, -0.1) is 4.37 Å². The monoisotopic (exact) mass is 480 g/mol. The highest BCUT2D eigenvalue weighted by atomic mass is 32.1. The van der Waals surface area contributed by atoms with Crippen molar-refractivity contribution < 1.29 is 22.7 Å². The third-order valence-electron chi connectivity index (χ3n) is 4.84. The standard InChI is InChI=1S/C19H19F3N8O2S/c20-19(21,22)12-2-1-3-13(10-12)26-18(31)30-8-6-29(7-9-30)15-16(28-33-27-15)32-11-14-4-5-24-17(23)25-14/h1-5,10H,6-9,11H2,(H,26,31)(H2,23,24,25). The number of nitrogens with zero attached hydrogens (tertiary/aromatic N) is 6. The lowest BCUT2D eigenvalue weighted by atomic mass is 10.2. The van der Waals surface area contributed by atoms with E-state index in [9.17, 15) is 18.0 Å². The van der Waals surface area contributed by atoms with Crippen molar-refractivity contribution in [2.75, 3.05) is 42.1 Å². The Balaban J connectivity index is 1.32. The molecule has 0 aliphatic carbocycles. The Kier molecular flexibility index (Phi) is 6.44. The predicted octanol–water partition coefficient (Wildman–Crippen LogP) is 2.86. The van der Waals surface area contributed by atoms with E-state index in [4.69, 9.17) is 10.5 Å². The van der Waals surface area contributed by atoms with E-state index < -0.39 is 17.8 Å². The van der Waals surface area contributed by atoms with Crippen molar-refractivity contribution >= 4 is 35.2 Å². The molecule has 0 radical (unpaired) electrons. The van der Waals surface area contributed by atoms with Gasteiger partial charge in [0.2, 0.25) is 11.8 Å². The Bertz CT molecular complexity index is 1120. The molecule has 3 aromatic rings. The Labute approximate surface area is 190 Å². The number of rotatable bonds is 5. The molecule has 1 saturated heterocycles. The number of hydrogen-bond donors (Lipinski definition) is 2. The van der Waals surface area contributed by atoms with Gasteiger partial charge in [-0.25, -0.2) is 14.8 Å². The molecule has 0 spiro atoms. The van der Waals surface area contributed by atoms with Gasteiger partial charge in [-0.2, -0.15) is 17.5 Å². The fourth-order valence-electron chi connectivity index (χ4n) is 3.19. The van der Waals surface area contributed by atoms with E-state index in [2.05, 4.69) is 24.0 Å². The molecule has 0 saturated carbocycles. The van der Waals surface area contributed by atoms with Gasteiger partial charge >= 0.3 is 12.2 Å². The van der Waals surface area contributed by atoms with Crippen molar-refractivity contribution in [3.8, 4) is 5.88 Å². The molecular weight excluding hydrogens is 461 g/mol. The highest BCUT2D eigenvalue weighted by molar-refractivity contribution is 6.99. The summed E-state index contributed by atoms with van der Waals surface area (Å²) in [4.78, 5) is 23.9. The van der Waals surface area contributed by atoms with Crippen LogP contribution in [0.15, 0.2) is 36.5 Å². The molecule has 2 aromatic heterocycles. The van der Waals surface area contributed by atoms with Crippen LogP contribution in [0.5, 0.6) is 5.88 Å². The van der Waals surface area contributed by atoms with Crippen LogP contribution in [0, 0.1) is 0 Å². The second-order valence-electron chi connectivity index (χ2n) is 7.07. The van der Waals surface area contributed by atoms with Crippen LogP contribution in [0.3, 0.4) is 0 Å². The number of piperazine rings is 1. The van der Waals surface area contributed by atoms with E-state index in [1.54, 1.807) is 6.07 Å². The second kappa shape index (κ2) is 9.44. The molecule has 0 unspecified atom stereocenters. The summed E-state index contributed by atoms with van der Waals surface area (Å²) >= 11 is 1.00. The second-order valence-corrected chi connectivity index (χ2v) is 7.60. The molecule has 0 atom stereocenters. The molecule has 10 nitrogen and oxygen atoms in total. The van der Waals surface area contributed by atoms with Gasteiger partial charge in [0.15, 0.2) is 0 Å². The van der Waals surface area contributed by atoms with Crippen LogP contribution in [0.2, 0.25) is 0 Å². The molecule has 0 bridgehead atoms. The van der Waals surface area contributed by atoms with Crippen molar-refractivity contribution in [2.45, 2.75) is 12.8 Å². The fourth-order valence-corrected chi connectivity index (χ4v) is 3.71. The number of carbonyl (C=O) groups excluding carboxylic acids is 1. The number of amides is 2. The van der Waals surface area contributed by atoms with Gasteiger partial charge in [0.25, 0.3) is 5.88 Å². The highest BCUT2D eigenvalue weighted by Gasteiger charge is 2.31. The lowest BCUT2D eigenvalue weighted by molar-refractivity contribution is -0.137. The zero-order valence-electron chi connectivity index (χ0n) is 17.1. The Morgan fingerprint density at radius 2 is 1.97 bits per heavy atom. The Morgan fingerprint density at radius 1 is 1.18 bits per heavy atom. The largest absolute Gasteiger partial charge is 0.468 e. The number of alkyl halides is 3. The Morgan fingerprint density at radius 3 is 2.70 bits per heavy atom. The van der Waals surface area contributed by atoms with Crippen molar-refractivity contribution in [1.29, 1.82) is 0 Å². The van der Waals surface area contributed by atoms with E-state index >= 15 is 0 Å². The zero-order chi connectivity index (χ0) is 23.4. The zero-order valence-corrected chi connectivity index (χ0v) is 17.9. The number of ether oxygens (including phenoxy) is 1. The van der Waals surface area contributed by atoms with Crippen LogP contribution in [0.25, 0.3) is 0 Å². The van der Waals surface area contributed by atoms with Gasteiger partial charge in [-0.3, -0.25) is 0 Å². The third kappa shape index (κ3) is 5.58. The average molecular weight is 480 g/mol. The summed E-state index contributed by atoms with van der Waals surface area (Å²) in [6.07, 6.45) is -2.95. The summed E-state index contributed by atoms with van der Waals surface area (Å²) in [6.45, 7) is 1.76. The highest BCUT2D eigenvalue weighted by Crippen LogP contribution is 2.31. The number of nitrogens with two attached hydrogens (primary N) is 1. The van der Waals surface area contributed by atoms with Gasteiger partial charge < -0.3 is 25.6 Å². The van der Waals surface area contributed by atoms with E-state index in [0.29, 0.717) is 43.6 Å². The lowest BCUT2D eigenvalue weighted by Crippen LogP contribution is -2.50. The summed E-state index contributed by atoms with van der Waals surface area (Å²) in [7, 11) is 0. The number of hydrogen-bond acceptors (Lipinski definition) is 9. The van der Waals surface area contributed by atoms with Crippen molar-refractivity contribution in [3.63, 3.8) is 0 Å². The molecule has 3 heterocycles. The van der Waals surface area contributed by atoms with Crippen LogP contribution >= 0.6 is 11.7 Å². The third-order valence-corrected chi connectivity index (χ3v) is 5.34. The van der Waals surface area contributed by atoms with E-state index in [0.717, 1.165) is 23.9 Å². The first-order valence-electron chi connectivity index (χ1n) is 9.80. The first-order valence-corrected chi connectivity index (χ1v) is 10.5. The molecule has 1 fully saturated rings. The first kappa shape index (κ1) is 22.5. The van der Waals surface area contributed by atoms with Crippen LogP contribution in [-0.4, -0.2) is 55.8 Å². The van der Waals surface area contributed by atoms with Crippen molar-refractivity contribution in [3.05, 3.63) is 47.8 Å². The van der Waals surface area contributed by atoms with Gasteiger partial charge in [-0.1, -0.05) is 6.07 Å². The van der Waals surface area contributed by atoms with Gasteiger partial charge in [0.05, 0.1) is 23.0 Å². The molecule has 1 aliphatic heterocycles. The minimum absolute atomic E-state index is 0.0852. The number of nitrogen functional groups attached to an aromatic ring is 1. The van der Waals surface area contributed by atoms with Gasteiger partial charge in [0.1, 0.15) is 6.61 Å². The van der Waals surface area contributed by atoms with Crippen molar-refractivity contribution in [1.82, 2.24) is 23.6 Å². The predicted molar refractivity (Wildman–Crippen MR) is 115 cm³/mol. The summed E-state index contributed by atoms with van der Waals surface area (Å²) in [5, 5.41) is 2.52. The van der Waals surface area contributed by atoms with E-state index in [1.165, 1.54) is 23.2 Å². The van der Waals surface area contributed by atoms with E-state index in [-0.39, 0.29) is 18.2 Å². The summed E-state index contributed by atoms with van der Waals surface area (Å²) in [5.41, 5.74) is 5.43. The molecule has 1 aromatic carbocycles. The summed E-state index contributed by atoms with van der Waals surface area (Å²) < 4.78 is 52.8. The molecule has 3 N–H and O–H groups in total. The summed E-state index contributed by atoms with van der Waals surface area (Å²) in [6, 6.07) is 5.74. The minimum atomic E-state index is -4.48. The summed E-state index contributed by atoms with van der Waals surface area (Å²) in [5.74, 6) is 1.05. The van der Waals surface area contributed by atoms with Crippen LogP contribution < -0.4 is 20.7 Å². The number of urea groups is 1. The minimum Gasteiger partial charge on any atom is -0.468 e. The normalized spacial score (nSPS) is 14.3. The number of benzene rings is 1. The number of carbonyl (C=O) groups is 1. The number of nitrogens with one attached hydrogen (secondary N) is 1. The maximum absolute atomic E-state index is 12.9. The molecule has 33 heavy (non-hydrogen) atoms. The maximum Gasteiger partial charge on any atom is 0.416 e.